The number of hydrogen-bond acceptors (Lipinski definition) is 3. The minimum Gasteiger partial charge on any atom is -0.455 e. The van der Waals surface area contributed by atoms with Gasteiger partial charge in [-0.05, 0) is 48.6 Å². The fourth-order valence-corrected chi connectivity index (χ4v) is 1.54. The van der Waals surface area contributed by atoms with E-state index in [1.54, 1.807) is 24.3 Å². The molecule has 0 saturated carbocycles. The zero-order chi connectivity index (χ0) is 12.1. The first-order chi connectivity index (χ1) is 8.29. The summed E-state index contributed by atoms with van der Waals surface area (Å²) in [6.45, 7) is 0. The van der Waals surface area contributed by atoms with Crippen molar-refractivity contribution in [3.8, 4) is 11.5 Å². The average Bonchev–Trinajstić information content (AvgIpc) is 2.35. The number of isothiocyanates is 1. The summed E-state index contributed by atoms with van der Waals surface area (Å²) >= 11 is 10.4. The third-order valence-electron chi connectivity index (χ3n) is 2.07. The highest BCUT2D eigenvalue weighted by atomic mass is 35.5. The van der Waals surface area contributed by atoms with Crippen molar-refractivity contribution in [2.45, 2.75) is 0 Å². The molecule has 2 aromatic rings. The summed E-state index contributed by atoms with van der Waals surface area (Å²) in [6.07, 6.45) is 0. The predicted molar refractivity (Wildman–Crippen MR) is 72.7 cm³/mol. The lowest BCUT2D eigenvalue weighted by Gasteiger charge is -2.07. The number of nitrogens with zero attached hydrogens (tertiary/aromatic N) is 1. The molecule has 4 heteroatoms. The second kappa shape index (κ2) is 5.60. The highest BCUT2D eigenvalue weighted by Crippen LogP contribution is 2.31. The van der Waals surface area contributed by atoms with E-state index in [0.717, 1.165) is 0 Å². The molecule has 0 radical (unpaired) electrons. The van der Waals surface area contributed by atoms with Gasteiger partial charge < -0.3 is 4.74 Å². The first-order valence-corrected chi connectivity index (χ1v) is 5.68. The Morgan fingerprint density at radius 2 is 1.76 bits per heavy atom. The van der Waals surface area contributed by atoms with E-state index in [0.29, 0.717) is 22.2 Å². The second-order valence-electron chi connectivity index (χ2n) is 3.23. The van der Waals surface area contributed by atoms with Crippen LogP contribution in [-0.2, 0) is 0 Å². The molecule has 0 fully saturated rings. The number of rotatable bonds is 3. The van der Waals surface area contributed by atoms with Crippen LogP contribution in [0.1, 0.15) is 0 Å². The Morgan fingerprint density at radius 1 is 1.06 bits per heavy atom. The summed E-state index contributed by atoms with van der Waals surface area (Å²) < 4.78 is 5.68. The van der Waals surface area contributed by atoms with Gasteiger partial charge in [-0.1, -0.05) is 23.7 Å². The highest BCUT2D eigenvalue weighted by Gasteiger charge is 2.02. The van der Waals surface area contributed by atoms with Crippen LogP contribution in [0.15, 0.2) is 53.5 Å². The topological polar surface area (TPSA) is 21.6 Å². The molecule has 0 aliphatic rings. The largest absolute Gasteiger partial charge is 0.455 e. The van der Waals surface area contributed by atoms with Crippen LogP contribution in [0, 0.1) is 0 Å². The van der Waals surface area contributed by atoms with Crippen LogP contribution in [-0.4, -0.2) is 5.16 Å². The molecule has 2 rings (SSSR count). The quantitative estimate of drug-likeness (QED) is 0.581. The molecule has 2 aromatic carbocycles. The summed E-state index contributed by atoms with van der Waals surface area (Å²) in [4.78, 5) is 3.93. The van der Waals surface area contributed by atoms with E-state index in [9.17, 15) is 0 Å². The number of benzene rings is 2. The number of ether oxygens (including phenoxy) is 1. The Balaban J connectivity index is 2.29. The molecule has 0 atom stereocenters. The Hall–Kier alpha value is -1.67. The van der Waals surface area contributed by atoms with Crippen LogP contribution in [0.25, 0.3) is 0 Å². The van der Waals surface area contributed by atoms with E-state index in [1.807, 2.05) is 24.3 Å². The van der Waals surface area contributed by atoms with Crippen LogP contribution < -0.4 is 4.74 Å². The van der Waals surface area contributed by atoms with Crippen molar-refractivity contribution in [3.63, 3.8) is 0 Å². The molecule has 0 saturated heterocycles. The normalized spacial score (nSPS) is 9.47. The monoisotopic (exact) mass is 261 g/mol. The smallest absolute Gasteiger partial charge is 0.153 e. The first-order valence-electron chi connectivity index (χ1n) is 4.90. The molecule has 0 aliphatic carbocycles. The van der Waals surface area contributed by atoms with Crippen molar-refractivity contribution >= 4 is 34.7 Å². The maximum Gasteiger partial charge on any atom is 0.153 e. The molecule has 0 aromatic heterocycles. The van der Waals surface area contributed by atoms with Gasteiger partial charge in [0, 0.05) is 5.02 Å². The fourth-order valence-electron chi connectivity index (χ4n) is 1.31. The zero-order valence-corrected chi connectivity index (χ0v) is 10.3. The van der Waals surface area contributed by atoms with Gasteiger partial charge in [-0.3, -0.25) is 0 Å². The van der Waals surface area contributed by atoms with Crippen LogP contribution >= 0.6 is 23.8 Å². The third kappa shape index (κ3) is 3.14. The summed E-state index contributed by atoms with van der Waals surface area (Å²) in [7, 11) is 0. The van der Waals surface area contributed by atoms with Crippen molar-refractivity contribution in [2.24, 2.45) is 4.99 Å². The molecule has 0 heterocycles. The lowest BCUT2D eigenvalue weighted by Crippen LogP contribution is -1.83. The summed E-state index contributed by atoms with van der Waals surface area (Å²) in [5.74, 6) is 1.33. The van der Waals surface area contributed by atoms with Crippen molar-refractivity contribution in [2.75, 3.05) is 0 Å². The van der Waals surface area contributed by atoms with Crippen LogP contribution in [0.2, 0.25) is 5.02 Å². The number of hydrogen-bond donors (Lipinski definition) is 0. The molecule has 84 valence electrons. The van der Waals surface area contributed by atoms with E-state index in [1.165, 1.54) is 0 Å². The summed E-state index contributed by atoms with van der Waals surface area (Å²) in [6, 6.07) is 14.5. The molecule has 2 nitrogen and oxygen atoms in total. The number of para-hydroxylation sites is 2. The Bertz CT molecular complexity index is 562. The Kier molecular flexibility index (Phi) is 3.89. The summed E-state index contributed by atoms with van der Waals surface area (Å²) in [5.41, 5.74) is 0.650. The summed E-state index contributed by atoms with van der Waals surface area (Å²) in [5, 5.41) is 3.00. The molecule has 0 aliphatic heterocycles. The van der Waals surface area contributed by atoms with Crippen molar-refractivity contribution < 1.29 is 4.74 Å². The van der Waals surface area contributed by atoms with E-state index < -0.39 is 0 Å². The van der Waals surface area contributed by atoms with E-state index in [4.69, 9.17) is 16.3 Å². The van der Waals surface area contributed by atoms with Gasteiger partial charge in [0.05, 0.1) is 5.16 Å². The van der Waals surface area contributed by atoms with Gasteiger partial charge in [0.2, 0.25) is 0 Å². The van der Waals surface area contributed by atoms with Gasteiger partial charge in [0.15, 0.2) is 5.75 Å². The van der Waals surface area contributed by atoms with Crippen molar-refractivity contribution in [1.29, 1.82) is 0 Å². The molecule has 0 amide bonds. The lowest BCUT2D eigenvalue weighted by molar-refractivity contribution is 0.484. The molecule has 0 unspecified atom stereocenters. The van der Waals surface area contributed by atoms with E-state index in [-0.39, 0.29) is 0 Å². The predicted octanol–water partition coefficient (Wildman–Crippen LogP) is 4.87. The molecule has 17 heavy (non-hydrogen) atoms. The third-order valence-corrected chi connectivity index (χ3v) is 2.42. The lowest BCUT2D eigenvalue weighted by atomic mass is 10.3. The van der Waals surface area contributed by atoms with Crippen LogP contribution in [0.4, 0.5) is 5.69 Å². The van der Waals surface area contributed by atoms with Gasteiger partial charge in [0.25, 0.3) is 0 Å². The molecule has 0 spiro atoms. The highest BCUT2D eigenvalue weighted by molar-refractivity contribution is 7.78. The van der Waals surface area contributed by atoms with E-state index >= 15 is 0 Å². The Labute approximate surface area is 110 Å². The van der Waals surface area contributed by atoms with Crippen LogP contribution in [0.5, 0.6) is 11.5 Å². The zero-order valence-electron chi connectivity index (χ0n) is 8.76. The maximum atomic E-state index is 5.80. The SMILES string of the molecule is S=C=Nc1ccccc1Oc1ccc(Cl)cc1. The van der Waals surface area contributed by atoms with Gasteiger partial charge in [-0.25, -0.2) is 0 Å². The standard InChI is InChI=1S/C13H8ClNOS/c14-10-5-7-11(8-6-10)16-13-4-2-1-3-12(13)15-9-17/h1-8H. The molecular formula is C13H8ClNOS. The fraction of sp³-hybridized carbons (Fsp3) is 0. The maximum absolute atomic E-state index is 5.80. The van der Waals surface area contributed by atoms with Crippen molar-refractivity contribution in [3.05, 3.63) is 53.6 Å². The van der Waals surface area contributed by atoms with Gasteiger partial charge >= 0.3 is 0 Å². The average molecular weight is 262 g/mol. The Morgan fingerprint density at radius 3 is 2.47 bits per heavy atom. The van der Waals surface area contributed by atoms with Crippen LogP contribution in [0.3, 0.4) is 0 Å². The molecular weight excluding hydrogens is 254 g/mol. The van der Waals surface area contributed by atoms with Gasteiger partial charge in [0.1, 0.15) is 11.4 Å². The second-order valence-corrected chi connectivity index (χ2v) is 3.85. The number of halogens is 1. The van der Waals surface area contributed by atoms with Gasteiger partial charge in [-0.15, -0.1) is 0 Å². The molecule has 0 bridgehead atoms. The number of aliphatic imine (C=N–C) groups is 1. The minimum atomic E-state index is 0.632. The number of thiocarbonyl (C=S) groups is 1. The minimum absolute atomic E-state index is 0.632. The van der Waals surface area contributed by atoms with Gasteiger partial charge in [-0.2, -0.15) is 4.99 Å². The van der Waals surface area contributed by atoms with E-state index in [2.05, 4.69) is 22.4 Å². The molecule has 0 N–H and O–H groups in total. The first kappa shape index (κ1) is 11.8. The van der Waals surface area contributed by atoms with Crippen molar-refractivity contribution in [1.82, 2.24) is 0 Å².